The molecule has 0 aliphatic rings. The van der Waals surface area contributed by atoms with E-state index in [9.17, 15) is 4.79 Å². The lowest BCUT2D eigenvalue weighted by molar-refractivity contribution is -0.117. The summed E-state index contributed by atoms with van der Waals surface area (Å²) in [6, 6.07) is 0. The maximum absolute atomic E-state index is 10.7. The molecular formula is C7H13BrO. The van der Waals surface area contributed by atoms with Crippen LogP contribution in [0, 0.1) is 5.41 Å². The largest absolute Gasteiger partial charge is 0.299 e. The molecule has 0 aromatic rings. The van der Waals surface area contributed by atoms with Crippen LogP contribution in [-0.4, -0.2) is 10.6 Å². The Bertz CT molecular complexity index is 113. The Balaban J connectivity index is 4.04. The summed E-state index contributed by atoms with van der Waals surface area (Å²) in [5, 5.41) is 0. The van der Waals surface area contributed by atoms with E-state index in [1.807, 2.05) is 20.8 Å². The highest BCUT2D eigenvalue weighted by atomic mass is 79.9. The van der Waals surface area contributed by atoms with Crippen LogP contribution < -0.4 is 0 Å². The van der Waals surface area contributed by atoms with Crippen LogP contribution in [0.4, 0.5) is 0 Å². The van der Waals surface area contributed by atoms with Gasteiger partial charge in [0.05, 0.1) is 4.83 Å². The van der Waals surface area contributed by atoms with Gasteiger partial charge in [0.1, 0.15) is 5.78 Å². The third-order valence-corrected chi connectivity index (χ3v) is 3.14. The average molecular weight is 193 g/mol. The number of ketones is 1. The van der Waals surface area contributed by atoms with E-state index in [-0.39, 0.29) is 16.0 Å². The van der Waals surface area contributed by atoms with Gasteiger partial charge in [0, 0.05) is 0 Å². The van der Waals surface area contributed by atoms with Gasteiger partial charge in [-0.25, -0.2) is 0 Å². The molecule has 0 fully saturated rings. The van der Waals surface area contributed by atoms with Crippen molar-refractivity contribution in [2.75, 3.05) is 0 Å². The highest BCUT2D eigenvalue weighted by molar-refractivity contribution is 9.10. The summed E-state index contributed by atoms with van der Waals surface area (Å²) in [6.07, 6.45) is 0. The van der Waals surface area contributed by atoms with Crippen molar-refractivity contribution in [1.29, 1.82) is 0 Å². The van der Waals surface area contributed by atoms with Gasteiger partial charge in [-0.1, -0.05) is 36.7 Å². The number of hydrogen-bond donors (Lipinski definition) is 0. The molecule has 0 aliphatic heterocycles. The van der Waals surface area contributed by atoms with Gasteiger partial charge in [0.15, 0.2) is 0 Å². The van der Waals surface area contributed by atoms with Gasteiger partial charge in [0.25, 0.3) is 0 Å². The minimum atomic E-state index is -0.00926. The maximum atomic E-state index is 10.7. The van der Waals surface area contributed by atoms with E-state index in [0.717, 1.165) is 0 Å². The van der Waals surface area contributed by atoms with Crippen LogP contribution in [0.25, 0.3) is 0 Å². The predicted octanol–water partition coefficient (Wildman–Crippen LogP) is 2.39. The number of hydrogen-bond acceptors (Lipinski definition) is 1. The summed E-state index contributed by atoms with van der Waals surface area (Å²) in [5.41, 5.74) is 0.0475. The Morgan fingerprint density at radius 1 is 1.44 bits per heavy atom. The molecule has 1 nitrogen and oxygen atoms in total. The molecule has 0 bridgehead atoms. The third-order valence-electron chi connectivity index (χ3n) is 1.12. The summed E-state index contributed by atoms with van der Waals surface area (Å²) in [7, 11) is 0. The highest BCUT2D eigenvalue weighted by Crippen LogP contribution is 2.26. The summed E-state index contributed by atoms with van der Waals surface area (Å²) in [6.45, 7) is 7.71. The molecule has 0 aliphatic carbocycles. The van der Waals surface area contributed by atoms with Gasteiger partial charge in [-0.3, -0.25) is 4.79 Å². The van der Waals surface area contributed by atoms with Crippen molar-refractivity contribution in [2.45, 2.75) is 32.5 Å². The molecule has 9 heavy (non-hydrogen) atoms. The van der Waals surface area contributed by atoms with Crippen molar-refractivity contribution in [3.63, 3.8) is 0 Å². The predicted molar refractivity (Wildman–Crippen MR) is 42.9 cm³/mol. The van der Waals surface area contributed by atoms with E-state index in [4.69, 9.17) is 0 Å². The zero-order valence-electron chi connectivity index (χ0n) is 6.36. The van der Waals surface area contributed by atoms with Crippen LogP contribution in [0.5, 0.6) is 0 Å². The molecular weight excluding hydrogens is 180 g/mol. The minimum Gasteiger partial charge on any atom is -0.299 e. The van der Waals surface area contributed by atoms with E-state index in [0.29, 0.717) is 0 Å². The molecule has 0 amide bonds. The fourth-order valence-electron chi connectivity index (χ4n) is 0.610. The van der Waals surface area contributed by atoms with Gasteiger partial charge >= 0.3 is 0 Å². The molecule has 0 heterocycles. The fraction of sp³-hybridized carbons (Fsp3) is 0.857. The molecule has 0 saturated heterocycles. The molecule has 0 N–H and O–H groups in total. The summed E-state index contributed by atoms with van der Waals surface area (Å²) < 4.78 is 0. The molecule has 1 atom stereocenters. The van der Waals surface area contributed by atoms with Crippen LogP contribution in [0.2, 0.25) is 0 Å². The number of alkyl halides is 1. The maximum Gasteiger partial charge on any atom is 0.143 e. The lowest BCUT2D eigenvalue weighted by Crippen LogP contribution is -2.26. The summed E-state index contributed by atoms with van der Waals surface area (Å²) >= 11 is 3.31. The van der Waals surface area contributed by atoms with Crippen molar-refractivity contribution >= 4 is 21.7 Å². The SMILES string of the molecule is CC(=O)[C@H](Br)C(C)(C)C. The summed E-state index contributed by atoms with van der Waals surface area (Å²) in [4.78, 5) is 10.7. The van der Waals surface area contributed by atoms with Gasteiger partial charge in [-0.05, 0) is 12.3 Å². The van der Waals surface area contributed by atoms with E-state index in [1.165, 1.54) is 0 Å². The molecule has 0 rings (SSSR count). The Hall–Kier alpha value is 0.150. The number of carbonyl (C=O) groups is 1. The van der Waals surface area contributed by atoms with Crippen molar-refractivity contribution in [1.82, 2.24) is 0 Å². The quantitative estimate of drug-likeness (QED) is 0.584. The van der Waals surface area contributed by atoms with Crippen molar-refractivity contribution < 1.29 is 4.79 Å². The molecule has 54 valence electrons. The number of halogens is 1. The normalized spacial score (nSPS) is 15.2. The Kier molecular flexibility index (Phi) is 2.87. The smallest absolute Gasteiger partial charge is 0.143 e. The summed E-state index contributed by atoms with van der Waals surface area (Å²) in [5.74, 6) is 0.197. The first-order chi connectivity index (χ1) is 3.85. The lowest BCUT2D eigenvalue weighted by Gasteiger charge is -2.22. The van der Waals surface area contributed by atoms with Crippen LogP contribution in [0.15, 0.2) is 0 Å². The number of carbonyl (C=O) groups excluding carboxylic acids is 1. The minimum absolute atomic E-state index is 0.00926. The molecule has 0 saturated carbocycles. The second-order valence-electron chi connectivity index (χ2n) is 3.34. The third kappa shape index (κ3) is 2.99. The first-order valence-corrected chi connectivity index (χ1v) is 3.92. The Morgan fingerprint density at radius 3 is 1.78 bits per heavy atom. The zero-order valence-corrected chi connectivity index (χ0v) is 7.95. The van der Waals surface area contributed by atoms with Gasteiger partial charge in [0.2, 0.25) is 0 Å². The van der Waals surface area contributed by atoms with E-state index in [1.54, 1.807) is 6.92 Å². The van der Waals surface area contributed by atoms with Crippen LogP contribution >= 0.6 is 15.9 Å². The van der Waals surface area contributed by atoms with Gasteiger partial charge in [-0.2, -0.15) is 0 Å². The standard InChI is InChI=1S/C7H13BrO/c1-5(9)6(8)7(2,3)4/h6H,1-4H3/t6-/m0/s1. The van der Waals surface area contributed by atoms with Crippen molar-refractivity contribution in [2.24, 2.45) is 5.41 Å². The molecule has 0 radical (unpaired) electrons. The van der Waals surface area contributed by atoms with Gasteiger partial charge in [-0.15, -0.1) is 0 Å². The molecule has 0 aromatic heterocycles. The highest BCUT2D eigenvalue weighted by Gasteiger charge is 2.25. The topological polar surface area (TPSA) is 17.1 Å². The first-order valence-electron chi connectivity index (χ1n) is 3.00. The monoisotopic (exact) mass is 192 g/mol. The number of rotatable bonds is 1. The molecule has 0 aromatic carbocycles. The van der Waals surface area contributed by atoms with Crippen LogP contribution in [0.1, 0.15) is 27.7 Å². The Labute approximate surface area is 65.0 Å². The van der Waals surface area contributed by atoms with Crippen molar-refractivity contribution in [3.05, 3.63) is 0 Å². The molecule has 2 heteroatoms. The van der Waals surface area contributed by atoms with Crippen molar-refractivity contribution in [3.8, 4) is 0 Å². The first kappa shape index (κ1) is 9.15. The Morgan fingerprint density at radius 2 is 1.78 bits per heavy atom. The molecule has 0 unspecified atom stereocenters. The van der Waals surface area contributed by atoms with E-state index in [2.05, 4.69) is 15.9 Å². The van der Waals surface area contributed by atoms with E-state index >= 15 is 0 Å². The zero-order chi connectivity index (χ0) is 7.65. The second-order valence-corrected chi connectivity index (χ2v) is 4.25. The lowest BCUT2D eigenvalue weighted by atomic mass is 9.90. The van der Waals surface area contributed by atoms with Gasteiger partial charge < -0.3 is 0 Å². The molecule has 0 spiro atoms. The van der Waals surface area contributed by atoms with E-state index < -0.39 is 0 Å². The second kappa shape index (κ2) is 2.82. The van der Waals surface area contributed by atoms with Crippen LogP contribution in [-0.2, 0) is 4.79 Å². The average Bonchev–Trinajstić information content (AvgIpc) is 1.62. The number of Topliss-reactive ketones (excluding diaryl/α,β-unsaturated/α-hetero) is 1. The van der Waals surface area contributed by atoms with Crippen LogP contribution in [0.3, 0.4) is 0 Å². The fourth-order valence-corrected chi connectivity index (χ4v) is 0.610.